The first-order chi connectivity index (χ1) is 10.7. The molecular formula is C18H33O6Ru. The number of allylic oxidation sites excluding steroid dienone is 4. The minimum atomic E-state index is -0.385. The molecule has 0 atom stereocenters. The van der Waals surface area contributed by atoms with Gasteiger partial charge >= 0.3 is 19.5 Å². The molecule has 0 amide bonds. The van der Waals surface area contributed by atoms with Crippen LogP contribution in [0.15, 0.2) is 23.7 Å². The van der Waals surface area contributed by atoms with Crippen molar-refractivity contribution < 1.29 is 49.2 Å². The fraction of sp³-hybridized carbons (Fsp3) is 0.611. The Hall–Kier alpha value is -1.33. The molecule has 0 rings (SSSR count). The van der Waals surface area contributed by atoms with E-state index in [2.05, 4.69) is 6.79 Å². The molecule has 149 valence electrons. The second kappa shape index (κ2) is 17.5. The van der Waals surface area contributed by atoms with Crippen LogP contribution in [0.5, 0.6) is 0 Å². The average Bonchev–Trinajstić information content (AvgIpc) is 2.40. The maximum atomic E-state index is 11.0. The van der Waals surface area contributed by atoms with Gasteiger partial charge in [0, 0.05) is 30.1 Å². The molecule has 25 heavy (non-hydrogen) atoms. The second-order valence-electron chi connectivity index (χ2n) is 6.80. The Balaban J connectivity index is -0.0000000858. The fourth-order valence-corrected chi connectivity index (χ4v) is 0.812. The molecule has 3 N–H and O–H groups in total. The standard InChI is InChI=1S/2C8H14O2.CH4O.CHO.Ru/c2*1-6(9)5-7(10)8(2,3)4;2*1-2;/h2*5,9H,1-4H3;2H,1H3;1H;/q;;;-1;+1. The van der Waals surface area contributed by atoms with Crippen LogP contribution in [0.25, 0.3) is 0 Å². The largest absolute Gasteiger partial charge is 1.00 e. The van der Waals surface area contributed by atoms with E-state index >= 15 is 0 Å². The van der Waals surface area contributed by atoms with Crippen molar-refractivity contribution in [3.63, 3.8) is 0 Å². The van der Waals surface area contributed by atoms with Gasteiger partial charge in [-0.2, -0.15) is 0 Å². The Bertz CT molecular complexity index is 378. The molecule has 0 spiro atoms. The smallest absolute Gasteiger partial charge is 0.545 e. The maximum absolute atomic E-state index is 11.0. The van der Waals surface area contributed by atoms with Crippen molar-refractivity contribution in [2.45, 2.75) is 55.4 Å². The molecule has 0 bridgehead atoms. The van der Waals surface area contributed by atoms with Gasteiger partial charge in [-0.05, 0) is 13.8 Å². The molecule has 0 aromatic heterocycles. The normalized spacial score (nSPS) is 11.1. The molecule has 0 saturated carbocycles. The molecule has 0 unspecified atom stereocenters. The third kappa shape index (κ3) is 27.8. The van der Waals surface area contributed by atoms with Gasteiger partial charge in [-0.15, -0.1) is 0 Å². The van der Waals surface area contributed by atoms with Crippen molar-refractivity contribution >= 4 is 18.4 Å². The van der Waals surface area contributed by atoms with Crippen molar-refractivity contribution in [2.24, 2.45) is 10.8 Å². The van der Waals surface area contributed by atoms with Gasteiger partial charge in [-0.25, -0.2) is 0 Å². The molecule has 0 aliphatic rings. The summed E-state index contributed by atoms with van der Waals surface area (Å²) in [5, 5.41) is 24.5. The van der Waals surface area contributed by atoms with Crippen molar-refractivity contribution in [1.82, 2.24) is 0 Å². The van der Waals surface area contributed by atoms with E-state index < -0.39 is 0 Å². The molecular weight excluding hydrogens is 413 g/mol. The molecule has 0 aromatic rings. The molecule has 0 saturated heterocycles. The second-order valence-corrected chi connectivity index (χ2v) is 6.80. The van der Waals surface area contributed by atoms with Crippen LogP contribution in [0.2, 0.25) is 0 Å². The topological polar surface area (TPSA) is 112 Å². The molecule has 0 fully saturated rings. The van der Waals surface area contributed by atoms with E-state index in [4.69, 9.17) is 20.1 Å². The van der Waals surface area contributed by atoms with E-state index in [0.29, 0.717) is 0 Å². The Morgan fingerprint density at radius 2 is 0.880 bits per heavy atom. The number of rotatable bonds is 2. The predicted octanol–water partition coefficient (Wildman–Crippen LogP) is 3.46. The number of ketones is 2. The van der Waals surface area contributed by atoms with E-state index in [0.717, 1.165) is 7.11 Å². The van der Waals surface area contributed by atoms with Crippen LogP contribution in [0, 0.1) is 10.8 Å². The maximum Gasteiger partial charge on any atom is 1.00 e. The zero-order chi connectivity index (χ0) is 20.7. The molecule has 7 heteroatoms. The van der Waals surface area contributed by atoms with Gasteiger partial charge in [-0.1, -0.05) is 41.5 Å². The zero-order valence-electron chi connectivity index (χ0n) is 16.7. The Morgan fingerprint density at radius 3 is 0.920 bits per heavy atom. The van der Waals surface area contributed by atoms with E-state index in [1.807, 2.05) is 41.5 Å². The van der Waals surface area contributed by atoms with Gasteiger partial charge in [0.15, 0.2) is 11.6 Å². The van der Waals surface area contributed by atoms with E-state index in [1.54, 1.807) is 0 Å². The van der Waals surface area contributed by atoms with Gasteiger partial charge in [-0.3, -0.25) is 16.4 Å². The summed E-state index contributed by atoms with van der Waals surface area (Å²) in [5.74, 6) is 0.0415. The van der Waals surface area contributed by atoms with E-state index in [-0.39, 0.29) is 53.4 Å². The number of hydrogen-bond donors (Lipinski definition) is 3. The van der Waals surface area contributed by atoms with E-state index in [9.17, 15) is 9.59 Å². The third-order valence-electron chi connectivity index (χ3n) is 2.16. The number of carbonyl (C=O) groups excluding carboxylic acids is 3. The van der Waals surface area contributed by atoms with Crippen LogP contribution in [0.1, 0.15) is 55.4 Å². The van der Waals surface area contributed by atoms with Gasteiger partial charge in [0.2, 0.25) is 0 Å². The van der Waals surface area contributed by atoms with Gasteiger partial charge in [0.1, 0.15) is 0 Å². The molecule has 0 aromatic carbocycles. The summed E-state index contributed by atoms with van der Waals surface area (Å²) >= 11 is 0. The average molecular weight is 447 g/mol. The summed E-state index contributed by atoms with van der Waals surface area (Å²) in [7, 11) is 1.00. The number of aliphatic hydroxyl groups excluding tert-OH is 3. The molecule has 6 nitrogen and oxygen atoms in total. The van der Waals surface area contributed by atoms with Crippen LogP contribution in [0.4, 0.5) is 0 Å². The summed E-state index contributed by atoms with van der Waals surface area (Å²) in [6, 6.07) is 0. The van der Waals surface area contributed by atoms with Crippen LogP contribution in [0.3, 0.4) is 0 Å². The van der Waals surface area contributed by atoms with Crippen LogP contribution in [-0.2, 0) is 33.9 Å². The van der Waals surface area contributed by atoms with Gasteiger partial charge in [0.25, 0.3) is 0 Å². The SMILES string of the molecule is CC(O)=CC(=O)C(C)(C)C.CC(O)=CC(=O)C(C)(C)C.CO.[CH-]=O.[Ru+]. The van der Waals surface area contributed by atoms with Crippen molar-refractivity contribution in [2.75, 3.05) is 7.11 Å². The Morgan fingerprint density at radius 1 is 0.720 bits per heavy atom. The van der Waals surface area contributed by atoms with Crippen LogP contribution in [-0.4, -0.2) is 40.8 Å². The fourth-order valence-electron chi connectivity index (χ4n) is 0.812. The van der Waals surface area contributed by atoms with Gasteiger partial charge in [0.05, 0.1) is 11.5 Å². The Kier molecular flexibility index (Phi) is 24.4. The molecule has 0 aliphatic carbocycles. The predicted molar refractivity (Wildman–Crippen MR) is 96.6 cm³/mol. The Labute approximate surface area is 164 Å². The summed E-state index contributed by atoms with van der Waals surface area (Å²) in [5.41, 5.74) is -0.770. The molecule has 0 heterocycles. The number of carbonyl (C=O) groups is 2. The third-order valence-corrected chi connectivity index (χ3v) is 2.16. The van der Waals surface area contributed by atoms with Crippen molar-refractivity contribution in [3.8, 4) is 0 Å². The first-order valence-corrected chi connectivity index (χ1v) is 7.19. The van der Waals surface area contributed by atoms with Gasteiger partial charge < -0.3 is 20.1 Å². The zero-order valence-corrected chi connectivity index (χ0v) is 18.4. The van der Waals surface area contributed by atoms with E-state index in [1.165, 1.54) is 26.0 Å². The summed E-state index contributed by atoms with van der Waals surface area (Å²) in [4.78, 5) is 29.8. The van der Waals surface area contributed by atoms with Crippen molar-refractivity contribution in [3.05, 3.63) is 23.7 Å². The monoisotopic (exact) mass is 447 g/mol. The first-order valence-electron chi connectivity index (χ1n) is 7.19. The summed E-state index contributed by atoms with van der Waals surface area (Å²) in [6.45, 7) is 17.1. The quantitative estimate of drug-likeness (QED) is 0.197. The first kappa shape index (κ1) is 34.9. The van der Waals surface area contributed by atoms with Crippen LogP contribution < -0.4 is 0 Å². The summed E-state index contributed by atoms with van der Waals surface area (Å²) in [6.07, 6.45) is 2.50. The summed E-state index contributed by atoms with van der Waals surface area (Å²) < 4.78 is 0. The van der Waals surface area contributed by atoms with Crippen molar-refractivity contribution in [1.29, 1.82) is 0 Å². The molecule has 0 aliphatic heterocycles. The minimum absolute atomic E-state index is 0. The molecule has 1 radical (unpaired) electrons. The number of hydrogen-bond acceptors (Lipinski definition) is 6. The number of aliphatic hydroxyl groups is 3. The van der Waals surface area contributed by atoms with Crippen LogP contribution >= 0.6 is 0 Å². The minimum Gasteiger partial charge on any atom is -0.545 e.